The van der Waals surface area contributed by atoms with Crippen molar-refractivity contribution >= 4 is 11.9 Å². The van der Waals surface area contributed by atoms with Crippen LogP contribution in [0.4, 0.5) is 0 Å². The fourth-order valence-electron chi connectivity index (χ4n) is 2.18. The number of hydrogen-bond donors (Lipinski definition) is 2. The van der Waals surface area contributed by atoms with Crippen LogP contribution in [-0.2, 0) is 14.3 Å². The van der Waals surface area contributed by atoms with Crippen LogP contribution in [0.1, 0.15) is 84.5 Å². The molecule has 5 heteroatoms. The van der Waals surface area contributed by atoms with E-state index in [4.69, 9.17) is 15.6 Å². The number of carboxylic acids is 1. The van der Waals surface area contributed by atoms with Gasteiger partial charge in [0.15, 0.2) is 0 Å². The summed E-state index contributed by atoms with van der Waals surface area (Å²) in [4.78, 5) is 21.9. The number of aliphatic carboxylic acids is 1. The Morgan fingerprint density at radius 1 is 0.864 bits per heavy atom. The Morgan fingerprint density at radius 3 is 1.68 bits per heavy atom. The number of unbranched alkanes of at least 4 members (excludes halogenated alkanes) is 8. The molecule has 3 N–H and O–H groups in total. The van der Waals surface area contributed by atoms with Gasteiger partial charge in [0.25, 0.3) is 0 Å². The molecule has 0 unspecified atom stereocenters. The van der Waals surface area contributed by atoms with Crippen LogP contribution in [-0.4, -0.2) is 29.2 Å². The predicted octanol–water partition coefficient (Wildman–Crippen LogP) is 3.64. The molecule has 0 aliphatic carbocycles. The smallest absolute Gasteiger partial charge is 0.306 e. The molecule has 0 bridgehead atoms. The van der Waals surface area contributed by atoms with Crippen LogP contribution in [0, 0.1) is 0 Å². The number of carbonyl (C=O) groups excluding carboxylic acids is 1. The number of carbonyl (C=O) groups is 2. The van der Waals surface area contributed by atoms with E-state index in [1.807, 2.05) is 13.8 Å². The van der Waals surface area contributed by atoms with E-state index in [0.29, 0.717) is 13.0 Å². The largest absolute Gasteiger partial charge is 0.481 e. The van der Waals surface area contributed by atoms with Gasteiger partial charge in [0, 0.05) is 19.4 Å². The third-order valence-electron chi connectivity index (χ3n) is 3.65. The van der Waals surface area contributed by atoms with E-state index in [-0.39, 0.29) is 12.4 Å². The van der Waals surface area contributed by atoms with Gasteiger partial charge in [0.1, 0.15) is 5.60 Å². The number of nitrogens with two attached hydrogens (primary N) is 1. The first-order valence-corrected chi connectivity index (χ1v) is 8.51. The summed E-state index contributed by atoms with van der Waals surface area (Å²) < 4.78 is 5.28. The van der Waals surface area contributed by atoms with Gasteiger partial charge < -0.3 is 15.6 Å². The predicted molar refractivity (Wildman–Crippen MR) is 87.6 cm³/mol. The minimum atomic E-state index is -0.701. The summed E-state index contributed by atoms with van der Waals surface area (Å²) in [5.41, 5.74) is 4.96. The summed E-state index contributed by atoms with van der Waals surface area (Å²) in [5.74, 6) is -0.859. The van der Waals surface area contributed by atoms with Gasteiger partial charge in [0.2, 0.25) is 0 Å². The molecule has 22 heavy (non-hydrogen) atoms. The van der Waals surface area contributed by atoms with Crippen molar-refractivity contribution in [2.75, 3.05) is 6.54 Å². The highest BCUT2D eigenvalue weighted by atomic mass is 16.6. The van der Waals surface area contributed by atoms with Gasteiger partial charge in [-0.25, -0.2) is 0 Å². The van der Waals surface area contributed by atoms with Gasteiger partial charge in [-0.15, -0.1) is 0 Å². The molecule has 0 amide bonds. The first-order valence-electron chi connectivity index (χ1n) is 8.51. The Labute approximate surface area is 134 Å². The third-order valence-corrected chi connectivity index (χ3v) is 3.65. The number of ether oxygens (including phenoxy) is 1. The summed E-state index contributed by atoms with van der Waals surface area (Å²) in [5, 5.41) is 8.51. The zero-order chi connectivity index (χ0) is 16.8. The Kier molecular flexibility index (Phi) is 11.8. The summed E-state index contributed by atoms with van der Waals surface area (Å²) in [6.45, 7) is 3.98. The quantitative estimate of drug-likeness (QED) is 0.377. The first kappa shape index (κ1) is 20.9. The van der Waals surface area contributed by atoms with Crippen LogP contribution < -0.4 is 5.73 Å². The normalized spacial score (nSPS) is 11.4. The Hall–Kier alpha value is -1.10. The standard InChI is InChI=1S/C17H33NO4/c1-17(2,14-18)22-16(21)13-11-9-7-5-3-4-6-8-10-12-15(19)20/h3-14,18H2,1-2H3,(H,19,20). The van der Waals surface area contributed by atoms with Crippen LogP contribution >= 0.6 is 0 Å². The lowest BCUT2D eigenvalue weighted by molar-refractivity contribution is -0.155. The lowest BCUT2D eigenvalue weighted by Crippen LogP contribution is -2.36. The maximum absolute atomic E-state index is 11.6. The molecule has 0 atom stereocenters. The molecule has 0 radical (unpaired) electrons. The summed E-state index contributed by atoms with van der Waals surface area (Å²) in [7, 11) is 0. The molecule has 0 saturated carbocycles. The number of hydrogen-bond acceptors (Lipinski definition) is 4. The van der Waals surface area contributed by atoms with Crippen LogP contribution in [0.5, 0.6) is 0 Å². The molecule has 0 aromatic rings. The molecule has 0 rings (SSSR count). The van der Waals surface area contributed by atoms with Crippen molar-refractivity contribution < 1.29 is 19.4 Å². The zero-order valence-corrected chi connectivity index (χ0v) is 14.2. The number of esters is 1. The van der Waals surface area contributed by atoms with E-state index in [9.17, 15) is 9.59 Å². The van der Waals surface area contributed by atoms with E-state index in [0.717, 1.165) is 38.5 Å². The number of rotatable bonds is 14. The van der Waals surface area contributed by atoms with Crippen molar-refractivity contribution in [3.63, 3.8) is 0 Å². The topological polar surface area (TPSA) is 89.6 Å². The maximum atomic E-state index is 11.6. The van der Waals surface area contributed by atoms with Crippen molar-refractivity contribution in [1.29, 1.82) is 0 Å². The lowest BCUT2D eigenvalue weighted by atomic mass is 10.1. The zero-order valence-electron chi connectivity index (χ0n) is 14.2. The molecule has 0 heterocycles. The fraction of sp³-hybridized carbons (Fsp3) is 0.882. The second kappa shape index (κ2) is 12.4. The van der Waals surface area contributed by atoms with E-state index >= 15 is 0 Å². The maximum Gasteiger partial charge on any atom is 0.306 e. The van der Waals surface area contributed by atoms with Crippen LogP contribution in [0.2, 0.25) is 0 Å². The number of carboxylic acid groups (broad SMARTS) is 1. The van der Waals surface area contributed by atoms with Gasteiger partial charge in [-0.1, -0.05) is 44.9 Å². The second-order valence-electron chi connectivity index (χ2n) is 6.51. The molecule has 0 aromatic carbocycles. The van der Waals surface area contributed by atoms with Crippen molar-refractivity contribution in [3.8, 4) is 0 Å². The first-order chi connectivity index (χ1) is 10.4. The van der Waals surface area contributed by atoms with Crippen LogP contribution in [0.25, 0.3) is 0 Å². The van der Waals surface area contributed by atoms with Gasteiger partial charge in [-0.3, -0.25) is 9.59 Å². The Morgan fingerprint density at radius 2 is 1.27 bits per heavy atom. The van der Waals surface area contributed by atoms with Crippen LogP contribution in [0.15, 0.2) is 0 Å². The summed E-state index contributed by atoms with van der Waals surface area (Å²) in [6.07, 6.45) is 10.3. The van der Waals surface area contributed by atoms with Gasteiger partial charge in [-0.2, -0.15) is 0 Å². The van der Waals surface area contributed by atoms with Crippen LogP contribution in [0.3, 0.4) is 0 Å². The average molecular weight is 315 g/mol. The minimum Gasteiger partial charge on any atom is -0.481 e. The second-order valence-corrected chi connectivity index (χ2v) is 6.51. The molecule has 0 spiro atoms. The van der Waals surface area contributed by atoms with E-state index < -0.39 is 11.6 Å². The van der Waals surface area contributed by atoms with Gasteiger partial charge in [0.05, 0.1) is 0 Å². The van der Waals surface area contributed by atoms with Gasteiger partial charge >= 0.3 is 11.9 Å². The average Bonchev–Trinajstić information content (AvgIpc) is 2.44. The van der Waals surface area contributed by atoms with Crippen molar-refractivity contribution in [2.24, 2.45) is 5.73 Å². The lowest BCUT2D eigenvalue weighted by Gasteiger charge is -2.22. The van der Waals surface area contributed by atoms with Crippen molar-refractivity contribution in [1.82, 2.24) is 0 Å². The summed E-state index contributed by atoms with van der Waals surface area (Å²) in [6, 6.07) is 0. The SMILES string of the molecule is CC(C)(CN)OC(=O)CCCCCCCCCCCC(=O)O. The summed E-state index contributed by atoms with van der Waals surface area (Å²) >= 11 is 0. The molecule has 5 nitrogen and oxygen atoms in total. The van der Waals surface area contributed by atoms with E-state index in [2.05, 4.69) is 0 Å². The monoisotopic (exact) mass is 315 g/mol. The highest BCUT2D eigenvalue weighted by molar-refractivity contribution is 5.69. The Balaban J connectivity index is 3.30. The molecule has 0 aliphatic heterocycles. The molecule has 0 saturated heterocycles. The molecular weight excluding hydrogens is 282 g/mol. The van der Waals surface area contributed by atoms with Gasteiger partial charge in [-0.05, 0) is 26.7 Å². The van der Waals surface area contributed by atoms with E-state index in [1.54, 1.807) is 0 Å². The molecule has 0 aliphatic rings. The minimum absolute atomic E-state index is 0.158. The Bertz CT molecular complexity index is 316. The fourth-order valence-corrected chi connectivity index (χ4v) is 2.18. The molecule has 0 aromatic heterocycles. The third kappa shape index (κ3) is 13.9. The highest BCUT2D eigenvalue weighted by Crippen LogP contribution is 2.13. The molecule has 130 valence electrons. The molecular formula is C17H33NO4. The highest BCUT2D eigenvalue weighted by Gasteiger charge is 2.20. The molecule has 0 fully saturated rings. The van der Waals surface area contributed by atoms with E-state index in [1.165, 1.54) is 19.3 Å². The van der Waals surface area contributed by atoms with Crippen molar-refractivity contribution in [2.45, 2.75) is 90.1 Å². The van der Waals surface area contributed by atoms with Crippen molar-refractivity contribution in [3.05, 3.63) is 0 Å².